The van der Waals surface area contributed by atoms with E-state index < -0.39 is 11.8 Å². The van der Waals surface area contributed by atoms with Gasteiger partial charge >= 0.3 is 0 Å². The zero-order valence-electron chi connectivity index (χ0n) is 11.9. The minimum atomic E-state index is -2.78. The van der Waals surface area contributed by atoms with Gasteiger partial charge in [-0.2, -0.15) is 0 Å². The van der Waals surface area contributed by atoms with Crippen LogP contribution in [0.1, 0.15) is 33.4 Å². The van der Waals surface area contributed by atoms with Crippen molar-refractivity contribution in [2.75, 3.05) is 0 Å². The van der Waals surface area contributed by atoms with Crippen LogP contribution in [0.25, 0.3) is 0 Å². The van der Waals surface area contributed by atoms with Gasteiger partial charge in [0, 0.05) is 23.6 Å². The molecule has 2 rings (SSSR count). The van der Waals surface area contributed by atoms with Crippen LogP contribution in [0.3, 0.4) is 0 Å². The Morgan fingerprint density at radius 1 is 0.909 bits per heavy atom. The summed E-state index contributed by atoms with van der Waals surface area (Å²) in [7, 11) is 0. The molecule has 0 atom stereocenters. The van der Waals surface area contributed by atoms with E-state index >= 15 is 0 Å². The van der Waals surface area contributed by atoms with E-state index in [1.54, 1.807) is 6.07 Å². The van der Waals surface area contributed by atoms with Gasteiger partial charge in [0.05, 0.1) is 22.2 Å². The van der Waals surface area contributed by atoms with Crippen molar-refractivity contribution >= 4 is 34.3 Å². The normalized spacial score (nSPS) is 12.0. The van der Waals surface area contributed by atoms with Crippen LogP contribution in [0.5, 0.6) is 0 Å². The van der Waals surface area contributed by atoms with Crippen molar-refractivity contribution in [3.63, 3.8) is 0 Å². The molecule has 0 aliphatic carbocycles. The first-order valence-electron chi connectivity index (χ1n) is 6.18. The second-order valence-corrected chi connectivity index (χ2v) is 7.20. The van der Waals surface area contributed by atoms with Gasteiger partial charge in [0.15, 0.2) is 0 Å². The number of hydrogen-bond acceptors (Lipinski definition) is 3. The van der Waals surface area contributed by atoms with Gasteiger partial charge < -0.3 is 5.11 Å². The number of halogens is 5. The maximum atomic E-state index is 12.6. The summed E-state index contributed by atoms with van der Waals surface area (Å²) >= 11 is 7.45. The third kappa shape index (κ3) is 5.87. The molecule has 2 aromatic rings. The molecule has 0 spiro atoms. The zero-order chi connectivity index (χ0) is 17.0. The number of hydrogen-bond donors (Lipinski definition) is 1. The number of alkyl halides is 5. The number of aliphatic hydroxyl groups is 1. The highest BCUT2D eigenvalue weighted by Gasteiger charge is 2.26. The van der Waals surface area contributed by atoms with E-state index in [9.17, 15) is 17.6 Å². The van der Waals surface area contributed by atoms with Gasteiger partial charge in [0.1, 0.15) is 0 Å². The Labute approximate surface area is 139 Å². The lowest BCUT2D eigenvalue weighted by atomic mass is 10.3. The molecular formula is C14H15ClF4OS2. The van der Waals surface area contributed by atoms with Crippen LogP contribution in [0.4, 0.5) is 17.6 Å². The summed E-state index contributed by atoms with van der Waals surface area (Å²) in [4.78, 5) is 1.43. The number of aliphatic hydroxyl groups excluding tert-OH is 1. The molecule has 8 heteroatoms. The second-order valence-electron chi connectivity index (χ2n) is 4.60. The quantitative estimate of drug-likeness (QED) is 0.517. The monoisotopic (exact) mass is 374 g/mol. The van der Waals surface area contributed by atoms with Crippen LogP contribution < -0.4 is 0 Å². The van der Waals surface area contributed by atoms with Gasteiger partial charge in [-0.05, 0) is 24.3 Å². The molecule has 0 aliphatic rings. The molecule has 0 saturated heterocycles. The topological polar surface area (TPSA) is 20.2 Å². The summed E-state index contributed by atoms with van der Waals surface area (Å²) in [5, 5.41) is 8.58. The highest BCUT2D eigenvalue weighted by atomic mass is 35.5. The molecule has 0 amide bonds. The fraction of sp³-hybridized carbons (Fsp3) is 0.429. The smallest absolute Gasteiger partial charge is 0.279 e. The molecule has 22 heavy (non-hydrogen) atoms. The van der Waals surface area contributed by atoms with E-state index in [2.05, 4.69) is 0 Å². The van der Waals surface area contributed by atoms with Crippen molar-refractivity contribution in [3.8, 4) is 0 Å². The third-order valence-electron chi connectivity index (χ3n) is 2.48. The van der Waals surface area contributed by atoms with Crippen molar-refractivity contribution < 1.29 is 22.7 Å². The van der Waals surface area contributed by atoms with E-state index in [0.717, 1.165) is 41.4 Å². The number of thiophene rings is 2. The Morgan fingerprint density at radius 3 is 1.55 bits per heavy atom. The molecule has 2 aromatic heterocycles. The summed E-state index contributed by atoms with van der Waals surface area (Å²) in [6.45, 7) is 1.57. The lowest BCUT2D eigenvalue weighted by molar-refractivity contribution is 0.0208. The summed E-state index contributed by atoms with van der Waals surface area (Å²) in [6, 6.07) is 5.90. The molecule has 1 nitrogen and oxygen atoms in total. The third-order valence-corrected chi connectivity index (χ3v) is 5.42. The minimum Gasteiger partial charge on any atom is -0.391 e. The Bertz CT molecular complexity index is 532. The van der Waals surface area contributed by atoms with Gasteiger partial charge in [-0.25, -0.2) is 17.6 Å². The van der Waals surface area contributed by atoms with Crippen LogP contribution in [0.2, 0.25) is 0 Å². The lowest BCUT2D eigenvalue weighted by Gasteiger charge is -2.05. The molecule has 124 valence electrons. The molecule has 0 aliphatic heterocycles. The van der Waals surface area contributed by atoms with Crippen LogP contribution in [-0.2, 0) is 24.3 Å². The first kappa shape index (κ1) is 19.4. The average molecular weight is 375 g/mol. The predicted molar refractivity (Wildman–Crippen MR) is 83.3 cm³/mol. The maximum Gasteiger partial charge on any atom is 0.279 e. The van der Waals surface area contributed by atoms with Crippen molar-refractivity contribution in [2.24, 2.45) is 0 Å². The molecule has 0 bridgehead atoms. The van der Waals surface area contributed by atoms with E-state index in [0.29, 0.717) is 10.8 Å². The molecule has 0 fully saturated rings. The van der Waals surface area contributed by atoms with Gasteiger partial charge in [0.2, 0.25) is 0 Å². The average Bonchev–Trinajstić information content (AvgIpc) is 3.07. The fourth-order valence-electron chi connectivity index (χ4n) is 1.38. The lowest BCUT2D eigenvalue weighted by Crippen LogP contribution is -2.02. The summed E-state index contributed by atoms with van der Waals surface area (Å²) < 4.78 is 50.2. The predicted octanol–water partition coefficient (Wildman–Crippen LogP) is 5.95. The van der Waals surface area contributed by atoms with E-state index in [1.165, 1.54) is 18.2 Å². The zero-order valence-corrected chi connectivity index (χ0v) is 14.3. The van der Waals surface area contributed by atoms with Crippen molar-refractivity contribution in [1.82, 2.24) is 0 Å². The second kappa shape index (κ2) is 7.77. The summed E-state index contributed by atoms with van der Waals surface area (Å²) in [6.07, 6.45) is 0. The standard InChI is InChI=1S/C7H7ClF2S.C7H8F2OS/c1-7(9,10)6-3-2-5(4-8)11-6;1-7(8,9)6-3-2-5(4-10)11-6/h2-3H,4H2,1H3;2-3,10H,4H2,1H3. The van der Waals surface area contributed by atoms with E-state index in [4.69, 9.17) is 16.7 Å². The van der Waals surface area contributed by atoms with Crippen LogP contribution >= 0.6 is 34.3 Å². The summed E-state index contributed by atoms with van der Waals surface area (Å²) in [5.41, 5.74) is 0. The first-order valence-corrected chi connectivity index (χ1v) is 8.35. The molecule has 1 N–H and O–H groups in total. The van der Waals surface area contributed by atoms with E-state index in [-0.39, 0.29) is 16.4 Å². The molecule has 0 aromatic carbocycles. The largest absolute Gasteiger partial charge is 0.391 e. The van der Waals surface area contributed by atoms with Crippen molar-refractivity contribution in [1.29, 1.82) is 0 Å². The summed E-state index contributed by atoms with van der Waals surface area (Å²) in [5.74, 6) is -5.20. The van der Waals surface area contributed by atoms with Gasteiger partial charge in [-0.3, -0.25) is 0 Å². The SMILES string of the molecule is CC(F)(F)c1ccc(CCl)s1.CC(F)(F)c1ccc(CO)s1. The molecule has 0 unspecified atom stereocenters. The maximum absolute atomic E-state index is 12.6. The highest BCUT2D eigenvalue weighted by molar-refractivity contribution is 7.12. The Hall–Kier alpha value is -0.630. The number of rotatable bonds is 4. The fourth-order valence-corrected chi connectivity index (χ4v) is 3.22. The van der Waals surface area contributed by atoms with Crippen LogP contribution in [0, 0.1) is 0 Å². The first-order chi connectivity index (χ1) is 10.1. The Morgan fingerprint density at radius 2 is 1.32 bits per heavy atom. The Kier molecular flexibility index (Phi) is 6.85. The molecule has 0 radical (unpaired) electrons. The van der Waals surface area contributed by atoms with Crippen LogP contribution in [-0.4, -0.2) is 5.11 Å². The van der Waals surface area contributed by atoms with Crippen molar-refractivity contribution in [2.45, 2.75) is 38.2 Å². The van der Waals surface area contributed by atoms with E-state index in [1.807, 2.05) is 0 Å². The molecular weight excluding hydrogens is 360 g/mol. The highest BCUT2D eigenvalue weighted by Crippen LogP contribution is 2.33. The molecule has 2 heterocycles. The van der Waals surface area contributed by atoms with Crippen molar-refractivity contribution in [3.05, 3.63) is 43.8 Å². The molecule has 0 saturated carbocycles. The Balaban J connectivity index is 0.000000220. The van der Waals surface area contributed by atoms with Gasteiger partial charge in [0.25, 0.3) is 11.8 Å². The van der Waals surface area contributed by atoms with Gasteiger partial charge in [-0.15, -0.1) is 34.3 Å². The van der Waals surface area contributed by atoms with Crippen LogP contribution in [0.15, 0.2) is 24.3 Å². The minimum absolute atomic E-state index is 0.00144. The van der Waals surface area contributed by atoms with Gasteiger partial charge in [-0.1, -0.05) is 0 Å².